The Morgan fingerprint density at radius 2 is 1.74 bits per heavy atom. The Bertz CT molecular complexity index is 1330. The van der Waals surface area contributed by atoms with Gasteiger partial charge in [0.25, 0.3) is 0 Å². The molecule has 0 aliphatic heterocycles. The van der Waals surface area contributed by atoms with Gasteiger partial charge in [-0.15, -0.1) is 0 Å². The number of pyridine rings is 1. The van der Waals surface area contributed by atoms with Gasteiger partial charge in [0.1, 0.15) is 6.61 Å². The van der Waals surface area contributed by atoms with E-state index in [4.69, 9.17) is 4.74 Å². The summed E-state index contributed by atoms with van der Waals surface area (Å²) in [5, 5.41) is 5.09. The van der Waals surface area contributed by atoms with Crippen LogP contribution in [0.2, 0.25) is 0 Å². The van der Waals surface area contributed by atoms with Crippen LogP contribution < -0.4 is 5.32 Å². The quantitative estimate of drug-likeness (QED) is 0.332. The number of anilines is 1. The van der Waals surface area contributed by atoms with Crippen LogP contribution in [0, 0.1) is 13.8 Å². The largest absolute Gasteiger partial charge is 0.457 e. The van der Waals surface area contributed by atoms with Crippen LogP contribution in [-0.4, -0.2) is 16.9 Å². The molecule has 0 fully saturated rings. The summed E-state index contributed by atoms with van der Waals surface area (Å²) in [4.78, 5) is 29.6. The zero-order valence-corrected chi connectivity index (χ0v) is 19.7. The molecule has 0 unspecified atom stereocenters. The molecule has 3 aromatic carbocycles. The lowest BCUT2D eigenvalue weighted by Gasteiger charge is -2.16. The molecule has 1 heterocycles. The van der Waals surface area contributed by atoms with Crippen molar-refractivity contribution in [1.82, 2.24) is 4.98 Å². The van der Waals surface area contributed by atoms with Crippen molar-refractivity contribution in [3.05, 3.63) is 107 Å². The normalized spacial score (nSPS) is 11.7. The van der Waals surface area contributed by atoms with E-state index in [9.17, 15) is 9.59 Å². The molecule has 0 saturated heterocycles. The number of amides is 1. The van der Waals surface area contributed by atoms with Crippen molar-refractivity contribution < 1.29 is 14.3 Å². The van der Waals surface area contributed by atoms with E-state index in [2.05, 4.69) is 10.3 Å². The Hall–Kier alpha value is -3.99. The fourth-order valence-corrected chi connectivity index (χ4v) is 4.08. The monoisotopic (exact) mass is 452 g/mol. The van der Waals surface area contributed by atoms with Crippen molar-refractivity contribution in [2.75, 3.05) is 5.32 Å². The minimum absolute atomic E-state index is 0.0510. The molecule has 0 radical (unpaired) electrons. The number of hydrogen-bond donors (Lipinski definition) is 1. The van der Waals surface area contributed by atoms with Crippen LogP contribution in [0.3, 0.4) is 0 Å². The highest BCUT2D eigenvalue weighted by molar-refractivity contribution is 5.98. The number of fused-ring (bicyclic) bond motifs is 1. The number of benzene rings is 3. The summed E-state index contributed by atoms with van der Waals surface area (Å²) in [6.07, 6.45) is 4.21. The van der Waals surface area contributed by atoms with Gasteiger partial charge in [-0.3, -0.25) is 9.78 Å². The minimum Gasteiger partial charge on any atom is -0.457 e. The first-order valence-electron chi connectivity index (χ1n) is 11.4. The molecule has 34 heavy (non-hydrogen) atoms. The number of ether oxygens (including phenoxy) is 1. The minimum atomic E-state index is -0.335. The molecule has 172 valence electrons. The number of nitrogens with one attached hydrogen (secondary N) is 1. The van der Waals surface area contributed by atoms with E-state index < -0.39 is 0 Å². The van der Waals surface area contributed by atoms with Crippen LogP contribution in [0.4, 0.5) is 5.69 Å². The van der Waals surface area contributed by atoms with E-state index in [0.717, 1.165) is 38.7 Å². The van der Waals surface area contributed by atoms with Crippen LogP contribution in [0.15, 0.2) is 79.1 Å². The van der Waals surface area contributed by atoms with E-state index in [1.54, 1.807) is 18.5 Å². The molecule has 1 atom stereocenters. The molecule has 0 spiro atoms. The van der Waals surface area contributed by atoms with Crippen LogP contribution in [0.5, 0.6) is 0 Å². The second kappa shape index (κ2) is 10.3. The van der Waals surface area contributed by atoms with Gasteiger partial charge in [0.05, 0.1) is 11.5 Å². The number of nitrogens with zero attached hydrogens (tertiary/aromatic N) is 1. The number of carbonyl (C=O) groups excluding carboxylic acids is 2. The van der Waals surface area contributed by atoms with Crippen LogP contribution in [0.1, 0.15) is 51.9 Å². The van der Waals surface area contributed by atoms with Gasteiger partial charge in [-0.1, -0.05) is 55.0 Å². The van der Waals surface area contributed by atoms with E-state index >= 15 is 0 Å². The Balaban J connectivity index is 1.39. The molecular weight excluding hydrogens is 424 g/mol. The van der Waals surface area contributed by atoms with Crippen molar-refractivity contribution >= 4 is 28.3 Å². The fraction of sp³-hybridized carbons (Fsp3) is 0.207. The lowest BCUT2D eigenvalue weighted by Crippen LogP contribution is -2.20. The third-order valence-corrected chi connectivity index (χ3v) is 5.99. The predicted molar refractivity (Wildman–Crippen MR) is 135 cm³/mol. The SMILES string of the molecule is CC[C@@H](C(=O)Nc1ccc2cnccc2c1)c1ccc(COC(=O)c2ccc(C)cc2C)cc1. The standard InChI is InChI=1S/C29H28N2O3/c1-4-26(28(32)31-25-11-10-24-17-30-14-13-23(24)16-25)22-8-6-21(7-9-22)18-34-29(33)27-12-5-19(2)15-20(27)3/h5-17,26H,4,18H2,1-3H3,(H,31,32)/t26-/m1/s1. The summed E-state index contributed by atoms with van der Waals surface area (Å²) >= 11 is 0. The predicted octanol–water partition coefficient (Wildman–Crippen LogP) is 6.34. The van der Waals surface area contributed by atoms with Gasteiger partial charge in [-0.2, -0.15) is 0 Å². The highest BCUT2D eigenvalue weighted by Crippen LogP contribution is 2.24. The maximum Gasteiger partial charge on any atom is 0.338 e. The Labute approximate surface area is 199 Å². The second-order valence-corrected chi connectivity index (χ2v) is 8.52. The van der Waals surface area contributed by atoms with Crippen LogP contribution in [-0.2, 0) is 16.1 Å². The number of esters is 1. The number of rotatable bonds is 7. The number of carbonyl (C=O) groups is 2. The van der Waals surface area contributed by atoms with E-state index in [1.807, 2.05) is 81.4 Å². The van der Waals surface area contributed by atoms with Gasteiger partial charge in [-0.05, 0) is 66.6 Å². The zero-order chi connectivity index (χ0) is 24.1. The molecule has 4 aromatic rings. The summed E-state index contributed by atoms with van der Waals surface area (Å²) in [5.41, 5.74) is 5.15. The van der Waals surface area contributed by atoms with Gasteiger partial charge in [0, 0.05) is 23.5 Å². The Kier molecular flexibility index (Phi) is 7.02. The van der Waals surface area contributed by atoms with Crippen LogP contribution in [0.25, 0.3) is 10.8 Å². The summed E-state index contributed by atoms with van der Waals surface area (Å²) in [6, 6.07) is 21.1. The Morgan fingerprint density at radius 1 is 0.941 bits per heavy atom. The molecule has 1 amide bonds. The van der Waals surface area contributed by atoms with E-state index in [0.29, 0.717) is 12.0 Å². The third-order valence-electron chi connectivity index (χ3n) is 5.99. The lowest BCUT2D eigenvalue weighted by atomic mass is 9.94. The molecule has 5 heteroatoms. The first kappa shape index (κ1) is 23.2. The third kappa shape index (κ3) is 5.31. The molecule has 0 aliphatic carbocycles. The van der Waals surface area contributed by atoms with Crippen molar-refractivity contribution in [1.29, 1.82) is 0 Å². The van der Waals surface area contributed by atoms with Crippen molar-refractivity contribution in [2.45, 2.75) is 39.7 Å². The molecule has 0 bridgehead atoms. The van der Waals surface area contributed by atoms with Crippen LogP contribution >= 0.6 is 0 Å². The number of hydrogen-bond acceptors (Lipinski definition) is 4. The highest BCUT2D eigenvalue weighted by Gasteiger charge is 2.19. The van der Waals surface area contributed by atoms with Gasteiger partial charge in [0.2, 0.25) is 5.91 Å². The number of aromatic nitrogens is 1. The average molecular weight is 453 g/mol. The van der Waals surface area contributed by atoms with Crippen molar-refractivity contribution in [3.63, 3.8) is 0 Å². The zero-order valence-electron chi connectivity index (χ0n) is 19.7. The highest BCUT2D eigenvalue weighted by atomic mass is 16.5. The maximum absolute atomic E-state index is 13.0. The molecular formula is C29H28N2O3. The topological polar surface area (TPSA) is 68.3 Å². The van der Waals surface area contributed by atoms with E-state index in [1.165, 1.54) is 0 Å². The maximum atomic E-state index is 13.0. The summed E-state index contributed by atoms with van der Waals surface area (Å²) in [5.74, 6) is -0.663. The summed E-state index contributed by atoms with van der Waals surface area (Å²) < 4.78 is 5.50. The molecule has 0 aliphatic rings. The van der Waals surface area contributed by atoms with E-state index in [-0.39, 0.29) is 24.4 Å². The molecule has 5 nitrogen and oxygen atoms in total. The van der Waals surface area contributed by atoms with Gasteiger partial charge in [0.15, 0.2) is 0 Å². The van der Waals surface area contributed by atoms with Crippen molar-refractivity contribution in [3.8, 4) is 0 Å². The average Bonchev–Trinajstić information content (AvgIpc) is 2.83. The lowest BCUT2D eigenvalue weighted by molar-refractivity contribution is -0.117. The molecule has 1 aromatic heterocycles. The molecule has 4 rings (SSSR count). The van der Waals surface area contributed by atoms with Gasteiger partial charge < -0.3 is 10.1 Å². The first-order valence-corrected chi connectivity index (χ1v) is 11.4. The summed E-state index contributed by atoms with van der Waals surface area (Å²) in [7, 11) is 0. The molecule has 0 saturated carbocycles. The Morgan fingerprint density at radius 3 is 2.47 bits per heavy atom. The molecule has 1 N–H and O–H groups in total. The first-order chi connectivity index (χ1) is 16.4. The smallest absolute Gasteiger partial charge is 0.338 e. The van der Waals surface area contributed by atoms with Gasteiger partial charge in [-0.25, -0.2) is 4.79 Å². The number of aryl methyl sites for hydroxylation is 2. The fourth-order valence-electron chi connectivity index (χ4n) is 4.08. The summed E-state index contributed by atoms with van der Waals surface area (Å²) in [6.45, 7) is 6.08. The van der Waals surface area contributed by atoms with Gasteiger partial charge >= 0.3 is 5.97 Å². The van der Waals surface area contributed by atoms with Crippen molar-refractivity contribution in [2.24, 2.45) is 0 Å². The second-order valence-electron chi connectivity index (χ2n) is 8.52.